The Balaban J connectivity index is 1.77. The van der Waals surface area contributed by atoms with Crippen LogP contribution in [0.1, 0.15) is 34.0 Å². The van der Waals surface area contributed by atoms with Crippen LogP contribution in [0.3, 0.4) is 0 Å². The van der Waals surface area contributed by atoms with Crippen molar-refractivity contribution in [2.45, 2.75) is 47.7 Å². The van der Waals surface area contributed by atoms with Gasteiger partial charge < -0.3 is 0 Å². The average Bonchev–Trinajstić information content (AvgIpc) is 3.47. The topological polar surface area (TPSA) is 36.9 Å². The predicted molar refractivity (Wildman–Crippen MR) is 155 cm³/mol. The van der Waals surface area contributed by atoms with Crippen molar-refractivity contribution in [2.24, 2.45) is 0 Å². The first-order valence-electron chi connectivity index (χ1n) is 14.6. The van der Waals surface area contributed by atoms with Crippen molar-refractivity contribution in [3.8, 4) is 5.75 Å². The molecular weight excluding hydrogens is 719 g/mol. The predicted octanol–water partition coefficient (Wildman–Crippen LogP) is 9.69. The van der Waals surface area contributed by atoms with Gasteiger partial charge in [0.05, 0.1) is 0 Å². The van der Waals surface area contributed by atoms with Gasteiger partial charge in [0.2, 0.25) is 0 Å². The molecule has 268 valence electrons. The molecule has 1 spiro atoms. The summed E-state index contributed by atoms with van der Waals surface area (Å²) in [6, 6.07) is 16.2. The fourth-order valence-corrected chi connectivity index (χ4v) is 16.7. The molecule has 2 unspecified atom stereocenters. The van der Waals surface area contributed by atoms with Gasteiger partial charge in [-0.15, -0.1) is 0 Å². The Morgan fingerprint density at radius 1 is 0.520 bits per heavy atom. The minimum atomic E-state index is -8.34. The first kappa shape index (κ1) is 34.6. The normalized spacial score (nSPS) is 25.4. The molecule has 0 saturated carbocycles. The third-order valence-electron chi connectivity index (χ3n) is 9.84. The van der Waals surface area contributed by atoms with Crippen molar-refractivity contribution in [3.63, 3.8) is 0 Å². The third kappa shape index (κ3) is 3.60. The summed E-state index contributed by atoms with van der Waals surface area (Å²) in [6.45, 7) is -8.34. The maximum absolute atomic E-state index is 15.4. The average molecular weight is 741 g/mol. The van der Waals surface area contributed by atoms with E-state index in [0.29, 0.717) is 24.3 Å². The SMILES string of the molecule is COc1ccc(C2O[P-]34(OC(C(F)(F)F)(C(F)(F)F)c5ccccc53)(OC(C(F)(F)F)(C(F)(F)F)c3ccccc34)C2c2ccccc2)cc1. The molecule has 2 atom stereocenters. The van der Waals surface area contributed by atoms with E-state index < -0.39 is 76.0 Å². The van der Waals surface area contributed by atoms with Crippen molar-refractivity contribution >= 4 is 17.2 Å². The van der Waals surface area contributed by atoms with Gasteiger partial charge >= 0.3 is 274 Å². The summed E-state index contributed by atoms with van der Waals surface area (Å²) in [4.78, 5) is 0. The van der Waals surface area contributed by atoms with Crippen LogP contribution >= 0.6 is 6.63 Å². The van der Waals surface area contributed by atoms with E-state index in [4.69, 9.17) is 18.3 Å². The van der Waals surface area contributed by atoms with E-state index in [1.165, 1.54) is 49.6 Å². The van der Waals surface area contributed by atoms with Crippen molar-refractivity contribution in [3.05, 3.63) is 125 Å². The van der Waals surface area contributed by atoms with Gasteiger partial charge in [-0.2, -0.15) is 0 Å². The van der Waals surface area contributed by atoms with Gasteiger partial charge in [-0.1, -0.05) is 0 Å². The second-order valence-electron chi connectivity index (χ2n) is 12.2. The van der Waals surface area contributed by atoms with E-state index in [9.17, 15) is 0 Å². The molecule has 4 aromatic carbocycles. The number of alkyl halides is 12. The molecule has 3 aliphatic rings. The van der Waals surface area contributed by atoms with Crippen molar-refractivity contribution < 1.29 is 71.0 Å². The molecule has 3 heterocycles. The summed E-state index contributed by atoms with van der Waals surface area (Å²) < 4.78 is 207. The molecule has 1 fully saturated rings. The molecule has 4 aromatic rings. The van der Waals surface area contributed by atoms with Gasteiger partial charge in [0.25, 0.3) is 0 Å². The standard InChI is InChI=1S/C33H22F12O4P/c1-46-21-17-15-19(16-18-21)26-27(20-9-3-2-4-10-20)50(47-26,24-13-7-5-11-22(24)28(48-50,30(34,35)36)31(37,38)39)25-14-8-6-12-23(25)29(49-50,32(40,41)42)33(43,44)45/h2-18,26-27H,1H3/q-1. The second-order valence-corrected chi connectivity index (χ2v) is 17.2. The Bertz CT molecular complexity index is 1890. The molecule has 0 N–H and O–H groups in total. The summed E-state index contributed by atoms with van der Waals surface area (Å²) in [5.41, 5.74) is -17.4. The number of hydrogen-bond acceptors (Lipinski definition) is 4. The fourth-order valence-electron chi connectivity index (χ4n) is 8.08. The molecule has 4 nitrogen and oxygen atoms in total. The summed E-state index contributed by atoms with van der Waals surface area (Å²) in [5, 5.41) is -2.73. The number of fused-ring (bicyclic) bond motifs is 2. The Labute approximate surface area is 274 Å². The zero-order chi connectivity index (χ0) is 36.5. The molecule has 3 aliphatic heterocycles. The van der Waals surface area contributed by atoms with Crippen LogP contribution in [0.2, 0.25) is 0 Å². The Morgan fingerprint density at radius 2 is 0.920 bits per heavy atom. The zero-order valence-corrected chi connectivity index (χ0v) is 26.0. The van der Waals surface area contributed by atoms with E-state index in [1.54, 1.807) is 0 Å². The van der Waals surface area contributed by atoms with Crippen LogP contribution in [-0.2, 0) is 24.8 Å². The van der Waals surface area contributed by atoms with E-state index in [1.807, 2.05) is 0 Å². The summed E-state index contributed by atoms with van der Waals surface area (Å²) in [5.74, 6) is 0.218. The molecule has 17 heteroatoms. The van der Waals surface area contributed by atoms with E-state index in [0.717, 1.165) is 36.4 Å². The van der Waals surface area contributed by atoms with Gasteiger partial charge in [-0.25, -0.2) is 0 Å². The van der Waals surface area contributed by atoms with Crippen LogP contribution in [-0.4, -0.2) is 31.8 Å². The third-order valence-corrected chi connectivity index (χ3v) is 16.8. The van der Waals surface area contributed by atoms with Gasteiger partial charge in [-0.05, 0) is 0 Å². The van der Waals surface area contributed by atoms with Crippen LogP contribution in [0.4, 0.5) is 52.7 Å². The Kier molecular flexibility index (Phi) is 6.73. The monoisotopic (exact) mass is 741 g/mol. The second kappa shape index (κ2) is 9.72. The van der Waals surface area contributed by atoms with Gasteiger partial charge in [-0.3, -0.25) is 0 Å². The summed E-state index contributed by atoms with van der Waals surface area (Å²) in [7, 11) is 1.28. The molecule has 0 aliphatic carbocycles. The van der Waals surface area contributed by atoms with Crippen LogP contribution in [0, 0.1) is 0 Å². The van der Waals surface area contributed by atoms with Gasteiger partial charge in [0, 0.05) is 0 Å². The quantitative estimate of drug-likeness (QED) is 0.155. The Hall–Kier alpha value is -3.85. The van der Waals surface area contributed by atoms with Crippen molar-refractivity contribution in [1.82, 2.24) is 0 Å². The van der Waals surface area contributed by atoms with E-state index in [2.05, 4.69) is 0 Å². The minimum absolute atomic E-state index is 0.0545. The molecule has 0 radical (unpaired) electrons. The van der Waals surface area contributed by atoms with Gasteiger partial charge in [0.15, 0.2) is 0 Å². The van der Waals surface area contributed by atoms with E-state index in [-0.39, 0.29) is 16.9 Å². The number of rotatable bonds is 3. The van der Waals surface area contributed by atoms with Crippen LogP contribution < -0.4 is 15.3 Å². The number of methoxy groups -OCH3 is 1. The fraction of sp³-hybridized carbons (Fsp3) is 0.273. The molecule has 0 bridgehead atoms. The van der Waals surface area contributed by atoms with Crippen molar-refractivity contribution in [1.29, 1.82) is 0 Å². The van der Waals surface area contributed by atoms with E-state index >= 15 is 52.7 Å². The summed E-state index contributed by atoms with van der Waals surface area (Å²) >= 11 is 0. The number of benzene rings is 4. The molecule has 0 amide bonds. The number of ether oxygens (including phenoxy) is 1. The summed E-state index contributed by atoms with van der Waals surface area (Å²) in [6.07, 6.45) is -28.0. The molecule has 7 rings (SSSR count). The Morgan fingerprint density at radius 3 is 1.32 bits per heavy atom. The number of hydrogen-bond donors (Lipinski definition) is 0. The zero-order valence-electron chi connectivity index (χ0n) is 25.1. The molecule has 1 saturated heterocycles. The molecule has 50 heavy (non-hydrogen) atoms. The van der Waals surface area contributed by atoms with Crippen molar-refractivity contribution in [2.75, 3.05) is 7.11 Å². The first-order chi connectivity index (χ1) is 23.1. The van der Waals surface area contributed by atoms with Crippen LogP contribution in [0.25, 0.3) is 0 Å². The van der Waals surface area contributed by atoms with Crippen LogP contribution in [0.15, 0.2) is 103 Å². The van der Waals surface area contributed by atoms with Crippen LogP contribution in [0.5, 0.6) is 5.75 Å². The molecule has 0 aromatic heterocycles. The van der Waals surface area contributed by atoms with Gasteiger partial charge in [0.1, 0.15) is 0 Å². The number of halogens is 12. The maximum atomic E-state index is 15.4. The molecular formula is C33H22F12O4P-. The first-order valence-corrected chi connectivity index (χ1v) is 17.1.